The van der Waals surface area contributed by atoms with E-state index >= 15 is 0 Å². The Labute approximate surface area is 155 Å². The Morgan fingerprint density at radius 2 is 2.19 bits per heavy atom. The van der Waals surface area contributed by atoms with Gasteiger partial charge in [-0.2, -0.15) is 5.10 Å². The van der Waals surface area contributed by atoms with Gasteiger partial charge in [-0.15, -0.1) is 0 Å². The van der Waals surface area contributed by atoms with E-state index in [-0.39, 0.29) is 29.6 Å². The molecule has 2 heterocycles. The molecule has 1 aliphatic heterocycles. The largest absolute Gasteiger partial charge is 0.348 e. The van der Waals surface area contributed by atoms with Gasteiger partial charge in [0.2, 0.25) is 5.91 Å². The van der Waals surface area contributed by atoms with Crippen molar-refractivity contribution in [2.45, 2.75) is 25.8 Å². The van der Waals surface area contributed by atoms with Gasteiger partial charge in [-0.05, 0) is 42.7 Å². The first-order chi connectivity index (χ1) is 12.9. The second kappa shape index (κ2) is 7.69. The summed E-state index contributed by atoms with van der Waals surface area (Å²) in [5.74, 6) is -0.543. The summed E-state index contributed by atoms with van der Waals surface area (Å²) in [6.07, 6.45) is 1.49. The fourth-order valence-corrected chi connectivity index (χ4v) is 3.27. The van der Waals surface area contributed by atoms with Crippen molar-refractivity contribution in [2.75, 3.05) is 11.4 Å². The van der Waals surface area contributed by atoms with Crippen LogP contribution in [0.25, 0.3) is 0 Å². The lowest BCUT2D eigenvalue weighted by molar-refractivity contribution is -0.114. The maximum absolute atomic E-state index is 13.1. The lowest BCUT2D eigenvalue weighted by Crippen LogP contribution is -2.34. The molecule has 0 bridgehead atoms. The SMILES string of the molecule is C=CC(=O)N1CCCc2cc(C(=O)NCc3cnn(C)c3C(F)F)ccc21. The third-order valence-electron chi connectivity index (χ3n) is 4.61. The summed E-state index contributed by atoms with van der Waals surface area (Å²) in [5.41, 5.74) is 2.17. The minimum Gasteiger partial charge on any atom is -0.348 e. The summed E-state index contributed by atoms with van der Waals surface area (Å²) >= 11 is 0. The smallest absolute Gasteiger partial charge is 0.280 e. The summed E-state index contributed by atoms with van der Waals surface area (Å²) in [4.78, 5) is 26.0. The van der Waals surface area contributed by atoms with E-state index in [9.17, 15) is 18.4 Å². The molecule has 1 aromatic heterocycles. The van der Waals surface area contributed by atoms with Crippen LogP contribution >= 0.6 is 0 Å². The highest BCUT2D eigenvalue weighted by Gasteiger charge is 2.22. The van der Waals surface area contributed by atoms with Gasteiger partial charge in [-0.3, -0.25) is 14.3 Å². The number of alkyl halides is 2. The van der Waals surface area contributed by atoms with E-state index in [1.165, 1.54) is 19.3 Å². The van der Waals surface area contributed by atoms with Crippen LogP contribution in [0.3, 0.4) is 0 Å². The normalized spacial score (nSPS) is 13.4. The van der Waals surface area contributed by atoms with E-state index in [4.69, 9.17) is 0 Å². The summed E-state index contributed by atoms with van der Waals surface area (Å²) in [6.45, 7) is 4.09. The van der Waals surface area contributed by atoms with Crippen molar-refractivity contribution >= 4 is 17.5 Å². The fraction of sp³-hybridized carbons (Fsp3) is 0.316. The van der Waals surface area contributed by atoms with Crippen LogP contribution < -0.4 is 10.2 Å². The molecule has 27 heavy (non-hydrogen) atoms. The Morgan fingerprint density at radius 3 is 2.89 bits per heavy atom. The van der Waals surface area contributed by atoms with Crippen molar-refractivity contribution in [3.8, 4) is 0 Å². The molecule has 6 nitrogen and oxygen atoms in total. The van der Waals surface area contributed by atoms with Gasteiger partial charge in [-0.1, -0.05) is 6.58 Å². The van der Waals surface area contributed by atoms with Crippen molar-refractivity contribution in [2.24, 2.45) is 7.05 Å². The number of nitrogens with one attached hydrogen (secondary N) is 1. The highest BCUT2D eigenvalue weighted by molar-refractivity contribution is 6.02. The Kier molecular flexibility index (Phi) is 5.34. The maximum atomic E-state index is 13.1. The monoisotopic (exact) mass is 374 g/mol. The van der Waals surface area contributed by atoms with Crippen molar-refractivity contribution in [3.05, 3.63) is 59.4 Å². The van der Waals surface area contributed by atoms with Crippen LogP contribution in [-0.4, -0.2) is 28.1 Å². The van der Waals surface area contributed by atoms with Crippen LogP contribution in [0, 0.1) is 0 Å². The number of aromatic nitrogens is 2. The van der Waals surface area contributed by atoms with Gasteiger partial charge in [0.1, 0.15) is 5.69 Å². The molecule has 1 aliphatic rings. The molecule has 2 aromatic rings. The second-order valence-electron chi connectivity index (χ2n) is 6.30. The second-order valence-corrected chi connectivity index (χ2v) is 6.30. The first kappa shape index (κ1) is 18.8. The van der Waals surface area contributed by atoms with Gasteiger partial charge >= 0.3 is 0 Å². The number of halogens is 2. The molecule has 0 spiro atoms. The molecule has 2 amide bonds. The Balaban J connectivity index is 1.75. The molecular weight excluding hydrogens is 354 g/mol. The zero-order valence-corrected chi connectivity index (χ0v) is 14.9. The fourth-order valence-electron chi connectivity index (χ4n) is 3.27. The van der Waals surface area contributed by atoms with E-state index in [0.29, 0.717) is 12.1 Å². The minimum absolute atomic E-state index is 0.0372. The molecule has 8 heteroatoms. The number of benzene rings is 1. The van der Waals surface area contributed by atoms with E-state index in [2.05, 4.69) is 17.0 Å². The van der Waals surface area contributed by atoms with Crippen LogP contribution in [-0.2, 0) is 24.8 Å². The van der Waals surface area contributed by atoms with E-state index in [0.717, 1.165) is 28.8 Å². The van der Waals surface area contributed by atoms with Crippen LogP contribution in [0.5, 0.6) is 0 Å². The summed E-state index contributed by atoms with van der Waals surface area (Å²) in [5, 5.41) is 6.47. The number of carbonyl (C=O) groups is 2. The Morgan fingerprint density at radius 1 is 1.41 bits per heavy atom. The molecule has 0 radical (unpaired) electrons. The molecule has 0 aliphatic carbocycles. The number of anilines is 1. The standard InChI is InChI=1S/C19H20F2N4O2/c1-3-16(26)25-8-4-5-12-9-13(6-7-15(12)25)19(27)22-10-14-11-23-24(2)17(14)18(20)21/h3,6-7,9,11,18H,1,4-5,8,10H2,2H3,(H,22,27). The van der Waals surface area contributed by atoms with Crippen LogP contribution in [0.1, 0.15) is 40.0 Å². The average Bonchev–Trinajstić information content (AvgIpc) is 3.05. The van der Waals surface area contributed by atoms with Crippen LogP contribution in [0.15, 0.2) is 37.1 Å². The van der Waals surface area contributed by atoms with Gasteiger partial charge in [0.25, 0.3) is 12.3 Å². The van der Waals surface area contributed by atoms with Gasteiger partial charge in [0.15, 0.2) is 0 Å². The number of rotatable bonds is 5. The zero-order valence-electron chi connectivity index (χ0n) is 14.9. The average molecular weight is 374 g/mol. The molecule has 0 fully saturated rings. The van der Waals surface area contributed by atoms with Gasteiger partial charge < -0.3 is 10.2 Å². The molecule has 3 rings (SSSR count). The molecule has 0 unspecified atom stereocenters. The molecule has 142 valence electrons. The number of fused-ring (bicyclic) bond motifs is 1. The van der Waals surface area contributed by atoms with Crippen molar-refractivity contribution < 1.29 is 18.4 Å². The lowest BCUT2D eigenvalue weighted by atomic mass is 9.98. The predicted octanol–water partition coefficient (Wildman–Crippen LogP) is 2.75. The number of hydrogen-bond acceptors (Lipinski definition) is 3. The first-order valence-corrected chi connectivity index (χ1v) is 8.56. The number of carbonyl (C=O) groups excluding carboxylic acids is 2. The summed E-state index contributed by atoms with van der Waals surface area (Å²) in [7, 11) is 1.44. The molecule has 0 saturated heterocycles. The molecular formula is C19H20F2N4O2. The Hall–Kier alpha value is -3.03. The Bertz CT molecular complexity index is 892. The molecule has 1 N–H and O–H groups in total. The topological polar surface area (TPSA) is 67.2 Å². The third kappa shape index (κ3) is 3.74. The molecule has 1 aromatic carbocycles. The van der Waals surface area contributed by atoms with Crippen LogP contribution in [0.2, 0.25) is 0 Å². The zero-order chi connectivity index (χ0) is 19.6. The number of nitrogens with zero attached hydrogens (tertiary/aromatic N) is 3. The lowest BCUT2D eigenvalue weighted by Gasteiger charge is -2.28. The minimum atomic E-state index is -2.67. The van der Waals surface area contributed by atoms with Crippen molar-refractivity contribution in [3.63, 3.8) is 0 Å². The summed E-state index contributed by atoms with van der Waals surface area (Å²) < 4.78 is 27.3. The first-order valence-electron chi connectivity index (χ1n) is 8.56. The third-order valence-corrected chi connectivity index (χ3v) is 4.61. The van der Waals surface area contributed by atoms with E-state index in [1.54, 1.807) is 23.1 Å². The predicted molar refractivity (Wildman–Crippen MR) is 96.6 cm³/mol. The summed E-state index contributed by atoms with van der Waals surface area (Å²) in [6, 6.07) is 5.10. The van der Waals surface area contributed by atoms with Crippen LogP contribution in [0.4, 0.5) is 14.5 Å². The quantitative estimate of drug-likeness (QED) is 0.819. The van der Waals surface area contributed by atoms with Gasteiger partial charge in [-0.25, -0.2) is 8.78 Å². The highest BCUT2D eigenvalue weighted by atomic mass is 19.3. The maximum Gasteiger partial charge on any atom is 0.280 e. The van der Waals surface area contributed by atoms with Crippen molar-refractivity contribution in [1.29, 1.82) is 0 Å². The molecule has 0 atom stereocenters. The van der Waals surface area contributed by atoms with E-state index in [1.807, 2.05) is 0 Å². The highest BCUT2D eigenvalue weighted by Crippen LogP contribution is 2.28. The van der Waals surface area contributed by atoms with Crippen molar-refractivity contribution in [1.82, 2.24) is 15.1 Å². The van der Waals surface area contributed by atoms with Gasteiger partial charge in [0.05, 0.1) is 6.20 Å². The number of hydrogen-bond donors (Lipinski definition) is 1. The van der Waals surface area contributed by atoms with E-state index < -0.39 is 6.43 Å². The number of amides is 2. The molecule has 0 saturated carbocycles. The number of aryl methyl sites for hydroxylation is 2. The van der Waals surface area contributed by atoms with Gasteiger partial charge in [0, 0.05) is 37.0 Å².